The molecule has 5 rings (SSSR count). The summed E-state index contributed by atoms with van der Waals surface area (Å²) in [4.78, 5) is 23.9. The van der Waals surface area contributed by atoms with Gasteiger partial charge in [0.25, 0.3) is 6.43 Å². The first-order valence-corrected chi connectivity index (χ1v) is 9.99. The van der Waals surface area contributed by atoms with Gasteiger partial charge in [0, 0.05) is 30.9 Å². The van der Waals surface area contributed by atoms with Crippen LogP contribution in [-0.4, -0.2) is 62.9 Å². The van der Waals surface area contributed by atoms with Crippen molar-refractivity contribution in [1.82, 2.24) is 29.5 Å². The van der Waals surface area contributed by atoms with Gasteiger partial charge in [0.15, 0.2) is 11.6 Å². The molecule has 11 heteroatoms. The van der Waals surface area contributed by atoms with E-state index in [1.807, 2.05) is 4.90 Å². The number of fused-ring (bicyclic) bond motifs is 1. The van der Waals surface area contributed by atoms with E-state index in [2.05, 4.69) is 24.9 Å². The maximum absolute atomic E-state index is 13.9. The zero-order valence-electron chi connectivity index (χ0n) is 17.2. The number of pyridine rings is 1. The lowest BCUT2D eigenvalue weighted by molar-refractivity contribution is 0.122. The maximum atomic E-state index is 13.9. The zero-order chi connectivity index (χ0) is 22.1. The number of para-hydroxylation sites is 2. The van der Waals surface area contributed by atoms with Gasteiger partial charge >= 0.3 is 0 Å². The van der Waals surface area contributed by atoms with E-state index in [1.165, 1.54) is 11.7 Å². The zero-order valence-corrected chi connectivity index (χ0v) is 17.2. The SMILES string of the molecule is COc1ccc(-c2nc(N3CCOCC3)nc(-n3c(C(F)F)nc4ccccc43)n2)cn1. The topological polar surface area (TPSA) is 91.1 Å². The molecule has 0 spiro atoms. The number of alkyl halides is 2. The Bertz CT molecular complexity index is 1240. The van der Waals surface area contributed by atoms with Crippen LogP contribution in [0.2, 0.25) is 0 Å². The summed E-state index contributed by atoms with van der Waals surface area (Å²) in [6.45, 7) is 2.21. The first kappa shape index (κ1) is 20.2. The normalized spacial score (nSPS) is 14.3. The summed E-state index contributed by atoms with van der Waals surface area (Å²) in [7, 11) is 1.52. The molecular weight excluding hydrogens is 420 g/mol. The number of anilines is 1. The second kappa shape index (κ2) is 8.42. The molecule has 1 fully saturated rings. The second-order valence-electron chi connectivity index (χ2n) is 7.04. The van der Waals surface area contributed by atoms with Gasteiger partial charge in [0.05, 0.1) is 31.4 Å². The van der Waals surface area contributed by atoms with Crippen LogP contribution in [0.1, 0.15) is 12.2 Å². The Morgan fingerprint density at radius 3 is 2.47 bits per heavy atom. The lowest BCUT2D eigenvalue weighted by atomic mass is 10.2. The molecule has 1 aliphatic heterocycles. The van der Waals surface area contributed by atoms with Crippen molar-refractivity contribution in [1.29, 1.82) is 0 Å². The van der Waals surface area contributed by atoms with Gasteiger partial charge in [-0.1, -0.05) is 12.1 Å². The van der Waals surface area contributed by atoms with Gasteiger partial charge < -0.3 is 14.4 Å². The Morgan fingerprint density at radius 1 is 0.969 bits per heavy atom. The molecule has 164 valence electrons. The summed E-state index contributed by atoms with van der Waals surface area (Å²) in [5.41, 5.74) is 1.52. The molecular formula is C21H19F2N7O2. The predicted octanol–water partition coefficient (Wildman–Crippen LogP) is 3.06. The third kappa shape index (κ3) is 3.71. The average molecular weight is 439 g/mol. The first-order valence-electron chi connectivity index (χ1n) is 9.99. The number of imidazole rings is 1. The second-order valence-corrected chi connectivity index (χ2v) is 7.04. The van der Waals surface area contributed by atoms with Crippen molar-refractivity contribution in [3.05, 3.63) is 48.4 Å². The van der Waals surface area contributed by atoms with Crippen LogP contribution in [0, 0.1) is 0 Å². The summed E-state index contributed by atoms with van der Waals surface area (Å²) >= 11 is 0. The number of halogens is 2. The van der Waals surface area contributed by atoms with Crippen molar-refractivity contribution in [3.63, 3.8) is 0 Å². The van der Waals surface area contributed by atoms with E-state index < -0.39 is 12.2 Å². The minimum absolute atomic E-state index is 0.0660. The Kier molecular flexibility index (Phi) is 5.31. The van der Waals surface area contributed by atoms with Gasteiger partial charge in [0.1, 0.15) is 0 Å². The van der Waals surface area contributed by atoms with E-state index in [0.717, 1.165) is 0 Å². The lowest BCUT2D eigenvalue weighted by Gasteiger charge is -2.27. The number of hydrogen-bond donors (Lipinski definition) is 0. The van der Waals surface area contributed by atoms with Gasteiger partial charge in [-0.2, -0.15) is 15.0 Å². The van der Waals surface area contributed by atoms with Crippen LogP contribution in [0.25, 0.3) is 28.4 Å². The molecule has 0 atom stereocenters. The molecule has 0 aliphatic carbocycles. The third-order valence-corrected chi connectivity index (χ3v) is 5.09. The molecule has 9 nitrogen and oxygen atoms in total. The van der Waals surface area contributed by atoms with Crippen molar-refractivity contribution < 1.29 is 18.3 Å². The number of rotatable bonds is 5. The number of methoxy groups -OCH3 is 1. The Labute approximate surface area is 181 Å². The van der Waals surface area contributed by atoms with Gasteiger partial charge in [-0.15, -0.1) is 0 Å². The number of nitrogens with zero attached hydrogens (tertiary/aromatic N) is 7. The fourth-order valence-corrected chi connectivity index (χ4v) is 3.52. The quantitative estimate of drug-likeness (QED) is 0.469. The van der Waals surface area contributed by atoms with Gasteiger partial charge in [0.2, 0.25) is 17.8 Å². The fourth-order valence-electron chi connectivity index (χ4n) is 3.52. The molecule has 4 aromatic rings. The highest BCUT2D eigenvalue weighted by Crippen LogP contribution is 2.28. The van der Waals surface area contributed by atoms with Crippen LogP contribution >= 0.6 is 0 Å². The fraction of sp³-hybridized carbons (Fsp3) is 0.286. The lowest BCUT2D eigenvalue weighted by Crippen LogP contribution is -2.37. The van der Waals surface area contributed by atoms with Gasteiger partial charge in [-0.25, -0.2) is 18.7 Å². The van der Waals surface area contributed by atoms with Gasteiger partial charge in [-0.05, 0) is 18.2 Å². The minimum Gasteiger partial charge on any atom is -0.481 e. The molecule has 0 unspecified atom stereocenters. The van der Waals surface area contributed by atoms with E-state index in [-0.39, 0.29) is 5.95 Å². The molecule has 1 aromatic carbocycles. The van der Waals surface area contributed by atoms with Gasteiger partial charge in [-0.3, -0.25) is 4.57 Å². The van der Waals surface area contributed by atoms with Crippen molar-refractivity contribution in [2.45, 2.75) is 6.43 Å². The van der Waals surface area contributed by atoms with Crippen LogP contribution in [-0.2, 0) is 4.74 Å². The van der Waals surface area contributed by atoms with Crippen LogP contribution in [0.15, 0.2) is 42.6 Å². The van der Waals surface area contributed by atoms with Crippen LogP contribution in [0.5, 0.6) is 5.88 Å². The number of morpholine rings is 1. The average Bonchev–Trinajstić information content (AvgIpc) is 3.24. The summed E-state index contributed by atoms with van der Waals surface area (Å²) in [6, 6.07) is 10.3. The molecule has 0 N–H and O–H groups in total. The maximum Gasteiger partial charge on any atom is 0.296 e. The number of aromatic nitrogens is 6. The van der Waals surface area contributed by atoms with Crippen molar-refractivity contribution >= 4 is 17.0 Å². The summed E-state index contributed by atoms with van der Waals surface area (Å²) in [6.07, 6.45) is -1.24. The molecule has 0 saturated carbocycles. The Hall–Kier alpha value is -3.73. The summed E-state index contributed by atoms with van der Waals surface area (Å²) in [5.74, 6) is 0.768. The molecule has 0 amide bonds. The van der Waals surface area contributed by atoms with E-state index >= 15 is 0 Å². The molecule has 32 heavy (non-hydrogen) atoms. The molecule has 3 aromatic heterocycles. The van der Waals surface area contributed by atoms with Crippen molar-refractivity contribution in [2.75, 3.05) is 38.3 Å². The highest BCUT2D eigenvalue weighted by Gasteiger charge is 2.24. The van der Waals surface area contributed by atoms with E-state index in [4.69, 9.17) is 9.47 Å². The van der Waals surface area contributed by atoms with Crippen LogP contribution < -0.4 is 9.64 Å². The van der Waals surface area contributed by atoms with Crippen LogP contribution in [0.4, 0.5) is 14.7 Å². The Morgan fingerprint density at radius 2 is 1.75 bits per heavy atom. The molecule has 4 heterocycles. The summed E-state index contributed by atoms with van der Waals surface area (Å²) in [5, 5.41) is 0. The number of ether oxygens (including phenoxy) is 2. The standard InChI is InChI=1S/C21H19F2N7O2/c1-31-16-7-6-13(12-24-16)18-26-20(29-8-10-32-11-9-29)28-21(27-18)30-15-5-3-2-4-14(15)25-19(30)17(22)23/h2-7,12,17H,8-11H2,1H3. The molecule has 1 saturated heterocycles. The Balaban J connectivity index is 1.71. The third-order valence-electron chi connectivity index (χ3n) is 5.09. The van der Waals surface area contributed by atoms with E-state index in [1.54, 1.807) is 42.6 Å². The van der Waals surface area contributed by atoms with E-state index in [0.29, 0.717) is 60.6 Å². The highest BCUT2D eigenvalue weighted by molar-refractivity contribution is 5.77. The van der Waals surface area contributed by atoms with Crippen molar-refractivity contribution in [3.8, 4) is 23.2 Å². The minimum atomic E-state index is -2.81. The number of benzene rings is 1. The molecule has 0 radical (unpaired) electrons. The number of hydrogen-bond acceptors (Lipinski definition) is 8. The van der Waals surface area contributed by atoms with Crippen LogP contribution in [0.3, 0.4) is 0 Å². The summed E-state index contributed by atoms with van der Waals surface area (Å²) < 4.78 is 39.6. The van der Waals surface area contributed by atoms with E-state index in [9.17, 15) is 8.78 Å². The smallest absolute Gasteiger partial charge is 0.296 e. The predicted molar refractivity (Wildman–Crippen MR) is 112 cm³/mol. The molecule has 1 aliphatic rings. The van der Waals surface area contributed by atoms with Crippen molar-refractivity contribution in [2.24, 2.45) is 0 Å². The highest BCUT2D eigenvalue weighted by atomic mass is 19.3. The largest absolute Gasteiger partial charge is 0.481 e. The monoisotopic (exact) mass is 439 g/mol. The first-order chi connectivity index (χ1) is 15.6. The molecule has 0 bridgehead atoms.